The molecule has 0 radical (unpaired) electrons. The van der Waals surface area contributed by atoms with Gasteiger partial charge in [-0.3, -0.25) is 9.69 Å². The van der Waals surface area contributed by atoms with Crippen molar-refractivity contribution in [1.29, 1.82) is 0 Å². The second-order valence-electron chi connectivity index (χ2n) is 6.91. The van der Waals surface area contributed by atoms with Gasteiger partial charge in [-0.05, 0) is 42.7 Å². The number of halogens is 1. The van der Waals surface area contributed by atoms with E-state index in [2.05, 4.69) is 17.0 Å². The number of hydrogen-bond donors (Lipinski definition) is 0. The highest BCUT2D eigenvalue weighted by atomic mass is 19.1. The lowest BCUT2D eigenvalue weighted by molar-refractivity contribution is 0.0963. The summed E-state index contributed by atoms with van der Waals surface area (Å²) in [5, 5.41) is 0. The average Bonchev–Trinajstić information content (AvgIpc) is 3.39. The van der Waals surface area contributed by atoms with E-state index >= 15 is 0 Å². The minimum atomic E-state index is -0.300. The first-order valence-electron chi connectivity index (χ1n) is 8.88. The van der Waals surface area contributed by atoms with Crippen LogP contribution in [-0.2, 0) is 0 Å². The first-order valence-corrected chi connectivity index (χ1v) is 8.88. The fourth-order valence-electron chi connectivity index (χ4n) is 4.15. The first-order chi connectivity index (χ1) is 11.8. The summed E-state index contributed by atoms with van der Waals surface area (Å²) < 4.78 is 13.2. The van der Waals surface area contributed by atoms with Crippen molar-refractivity contribution in [3.63, 3.8) is 0 Å². The average molecular weight is 323 g/mol. The lowest BCUT2D eigenvalue weighted by Gasteiger charge is -2.24. The number of Topliss-reactive ketones (excluding diaryl/α,β-unsaturated/α-hetero) is 1. The Kier molecular flexibility index (Phi) is 4.19. The molecule has 3 unspecified atom stereocenters. The van der Waals surface area contributed by atoms with Crippen molar-refractivity contribution in [3.8, 4) is 0 Å². The van der Waals surface area contributed by atoms with Crippen LogP contribution in [0.4, 0.5) is 4.39 Å². The fraction of sp³-hybridized carbons (Fsp3) is 0.381. The Morgan fingerprint density at radius 3 is 2.25 bits per heavy atom. The molecule has 1 saturated heterocycles. The van der Waals surface area contributed by atoms with Gasteiger partial charge < -0.3 is 0 Å². The quantitative estimate of drug-likeness (QED) is 0.597. The molecule has 124 valence electrons. The van der Waals surface area contributed by atoms with E-state index in [1.807, 2.05) is 18.2 Å². The summed E-state index contributed by atoms with van der Waals surface area (Å²) >= 11 is 0. The predicted octanol–water partition coefficient (Wildman–Crippen LogP) is 4.77. The second-order valence-corrected chi connectivity index (χ2v) is 6.91. The van der Waals surface area contributed by atoms with Crippen molar-refractivity contribution < 1.29 is 9.18 Å². The van der Waals surface area contributed by atoms with Crippen LogP contribution < -0.4 is 0 Å². The van der Waals surface area contributed by atoms with Gasteiger partial charge in [0.05, 0.1) is 12.1 Å². The van der Waals surface area contributed by atoms with Gasteiger partial charge in [-0.15, -0.1) is 0 Å². The van der Waals surface area contributed by atoms with Gasteiger partial charge in [0.15, 0.2) is 5.78 Å². The van der Waals surface area contributed by atoms with Crippen molar-refractivity contribution in [2.75, 3.05) is 0 Å². The Morgan fingerprint density at radius 2 is 1.58 bits per heavy atom. The molecule has 1 aliphatic carbocycles. The molecule has 2 aliphatic rings. The number of ketones is 1. The zero-order valence-corrected chi connectivity index (χ0v) is 13.7. The first kappa shape index (κ1) is 15.5. The second kappa shape index (κ2) is 6.48. The minimum absolute atomic E-state index is 0.0963. The minimum Gasteiger partial charge on any atom is -0.292 e. The summed E-state index contributed by atoms with van der Waals surface area (Å²) in [6, 6.07) is 16.8. The zero-order valence-electron chi connectivity index (χ0n) is 13.7. The van der Waals surface area contributed by atoms with Gasteiger partial charge in [-0.25, -0.2) is 4.39 Å². The van der Waals surface area contributed by atoms with Gasteiger partial charge in [0, 0.05) is 11.6 Å². The Bertz CT molecular complexity index is 706. The number of rotatable bonds is 4. The Labute approximate surface area is 142 Å². The molecule has 24 heavy (non-hydrogen) atoms. The topological polar surface area (TPSA) is 20.1 Å². The Balaban J connectivity index is 1.61. The van der Waals surface area contributed by atoms with Gasteiger partial charge in [0.1, 0.15) is 5.82 Å². The van der Waals surface area contributed by atoms with Crippen LogP contribution in [0.3, 0.4) is 0 Å². The van der Waals surface area contributed by atoms with E-state index in [4.69, 9.17) is 0 Å². The maximum Gasteiger partial charge on any atom is 0.181 e. The summed E-state index contributed by atoms with van der Waals surface area (Å²) in [4.78, 5) is 15.4. The number of carbonyl (C=O) groups is 1. The molecule has 0 amide bonds. The molecular formula is C21H22FNO. The van der Waals surface area contributed by atoms with E-state index in [9.17, 15) is 9.18 Å². The van der Waals surface area contributed by atoms with Gasteiger partial charge in [0.2, 0.25) is 0 Å². The highest BCUT2D eigenvalue weighted by Crippen LogP contribution is 2.49. The van der Waals surface area contributed by atoms with Crippen LogP contribution in [0.15, 0.2) is 54.6 Å². The highest BCUT2D eigenvalue weighted by Gasteiger charge is 2.55. The molecule has 3 atom stereocenters. The summed E-state index contributed by atoms with van der Waals surface area (Å²) in [5.41, 5.74) is 1.82. The van der Waals surface area contributed by atoms with E-state index in [1.54, 1.807) is 12.1 Å². The normalized spacial score (nSPS) is 27.0. The van der Waals surface area contributed by atoms with Crippen LogP contribution in [-0.4, -0.2) is 22.8 Å². The molecule has 1 saturated carbocycles. The summed E-state index contributed by atoms with van der Waals surface area (Å²) in [5.74, 6) is -0.180. The van der Waals surface area contributed by atoms with Crippen LogP contribution >= 0.6 is 0 Å². The monoisotopic (exact) mass is 323 g/mol. The van der Waals surface area contributed by atoms with Gasteiger partial charge in [-0.2, -0.15) is 0 Å². The SMILES string of the molecule is O=C(c1ccc(F)cc1)C1C(c2ccccc2)N1C1CCCCC1. The van der Waals surface area contributed by atoms with E-state index in [0.717, 1.165) is 0 Å². The van der Waals surface area contributed by atoms with Crippen LogP contribution in [0.1, 0.15) is 54.1 Å². The van der Waals surface area contributed by atoms with Crippen molar-refractivity contribution in [2.24, 2.45) is 0 Å². The third-order valence-corrected chi connectivity index (χ3v) is 5.39. The largest absolute Gasteiger partial charge is 0.292 e. The predicted molar refractivity (Wildman–Crippen MR) is 92.4 cm³/mol. The third-order valence-electron chi connectivity index (χ3n) is 5.39. The molecule has 2 aromatic carbocycles. The van der Waals surface area contributed by atoms with E-state index < -0.39 is 0 Å². The maximum atomic E-state index is 13.2. The number of nitrogens with zero attached hydrogens (tertiary/aromatic N) is 1. The summed E-state index contributed by atoms with van der Waals surface area (Å²) in [7, 11) is 0. The molecule has 0 aromatic heterocycles. The lowest BCUT2D eigenvalue weighted by Crippen LogP contribution is -2.26. The zero-order chi connectivity index (χ0) is 16.5. The number of carbonyl (C=O) groups excluding carboxylic acids is 1. The van der Waals surface area contributed by atoms with Gasteiger partial charge >= 0.3 is 0 Å². The van der Waals surface area contributed by atoms with Crippen LogP contribution in [0.2, 0.25) is 0 Å². The molecule has 1 heterocycles. The molecule has 4 rings (SSSR count). The molecule has 2 fully saturated rings. The van der Waals surface area contributed by atoms with E-state index in [0.29, 0.717) is 11.6 Å². The Morgan fingerprint density at radius 1 is 0.917 bits per heavy atom. The fourth-order valence-corrected chi connectivity index (χ4v) is 4.15. The molecule has 2 nitrogen and oxygen atoms in total. The highest BCUT2D eigenvalue weighted by molar-refractivity contribution is 6.02. The molecule has 0 spiro atoms. The van der Waals surface area contributed by atoms with Gasteiger partial charge in [-0.1, -0.05) is 49.6 Å². The van der Waals surface area contributed by atoms with Crippen LogP contribution in [0.25, 0.3) is 0 Å². The smallest absolute Gasteiger partial charge is 0.181 e. The third kappa shape index (κ3) is 2.89. The molecule has 0 bridgehead atoms. The van der Waals surface area contributed by atoms with Crippen molar-refractivity contribution in [2.45, 2.75) is 50.2 Å². The summed E-state index contributed by atoms with van der Waals surface area (Å²) in [6.07, 6.45) is 6.16. The Hall–Kier alpha value is -2.00. The molecule has 3 heteroatoms. The lowest BCUT2D eigenvalue weighted by atomic mass is 9.95. The van der Waals surface area contributed by atoms with Crippen molar-refractivity contribution >= 4 is 5.78 Å². The van der Waals surface area contributed by atoms with E-state index in [1.165, 1.54) is 49.8 Å². The van der Waals surface area contributed by atoms with Crippen LogP contribution in [0, 0.1) is 5.82 Å². The van der Waals surface area contributed by atoms with Crippen molar-refractivity contribution in [3.05, 3.63) is 71.5 Å². The molecule has 1 aliphatic heterocycles. The number of hydrogen-bond acceptors (Lipinski definition) is 2. The molecule has 2 aromatic rings. The standard InChI is InChI=1S/C21H22FNO/c22-17-13-11-16(12-14-17)21(24)20-19(15-7-3-1-4-8-15)23(20)18-9-5-2-6-10-18/h1,3-4,7-8,11-14,18-20H,2,5-6,9-10H2. The van der Waals surface area contributed by atoms with Crippen LogP contribution in [0.5, 0.6) is 0 Å². The van der Waals surface area contributed by atoms with E-state index in [-0.39, 0.29) is 23.7 Å². The molecule has 0 N–H and O–H groups in total. The van der Waals surface area contributed by atoms with Crippen molar-refractivity contribution in [1.82, 2.24) is 4.90 Å². The summed E-state index contributed by atoms with van der Waals surface area (Å²) in [6.45, 7) is 0. The number of benzene rings is 2. The molecular weight excluding hydrogens is 301 g/mol. The maximum absolute atomic E-state index is 13.2. The van der Waals surface area contributed by atoms with Gasteiger partial charge in [0.25, 0.3) is 0 Å².